The molecule has 6 heteroatoms. The number of carbonyl (C=O) groups is 1. The molecule has 0 unspecified atom stereocenters. The number of aliphatic hydroxyl groups is 1. The van der Waals surface area contributed by atoms with Crippen LogP contribution in [0.1, 0.15) is 26.2 Å². The Morgan fingerprint density at radius 1 is 1.41 bits per heavy atom. The molecule has 17 heavy (non-hydrogen) atoms. The van der Waals surface area contributed by atoms with Crippen molar-refractivity contribution in [2.45, 2.75) is 32.4 Å². The summed E-state index contributed by atoms with van der Waals surface area (Å²) in [4.78, 5) is 11.7. The van der Waals surface area contributed by atoms with E-state index >= 15 is 0 Å². The number of aliphatic hydroxyl groups excluding tert-OH is 1. The van der Waals surface area contributed by atoms with Gasteiger partial charge in [-0.25, -0.2) is 0 Å². The van der Waals surface area contributed by atoms with Crippen LogP contribution in [0.5, 0.6) is 0 Å². The molecule has 98 valence electrons. The standard InChI is InChI=1S/C11H16F3NO2/c1-2-3-9(16)8-4-6-15(7-5-8)10(17)11(12,13)14/h3,8,16H,2,4-7H2,1H3/b9-3-. The van der Waals surface area contributed by atoms with Crippen LogP contribution in [0.15, 0.2) is 11.8 Å². The molecule has 1 fully saturated rings. The Morgan fingerprint density at radius 2 is 1.94 bits per heavy atom. The lowest BCUT2D eigenvalue weighted by Crippen LogP contribution is -2.45. The normalized spacial score (nSPS) is 19.5. The Balaban J connectivity index is 2.52. The number of nitrogens with zero attached hydrogens (tertiary/aromatic N) is 1. The third-order valence-corrected chi connectivity index (χ3v) is 2.86. The highest BCUT2D eigenvalue weighted by molar-refractivity contribution is 5.81. The van der Waals surface area contributed by atoms with Crippen molar-refractivity contribution >= 4 is 5.91 Å². The Morgan fingerprint density at radius 3 is 2.35 bits per heavy atom. The SMILES string of the molecule is CC/C=C(\O)C1CCN(C(=O)C(F)(F)F)CC1. The van der Waals surface area contributed by atoms with Gasteiger partial charge in [-0.15, -0.1) is 0 Å². The lowest BCUT2D eigenvalue weighted by Gasteiger charge is -2.32. The van der Waals surface area contributed by atoms with Gasteiger partial charge in [-0.05, 0) is 25.3 Å². The zero-order valence-electron chi connectivity index (χ0n) is 9.63. The topological polar surface area (TPSA) is 40.5 Å². The maximum Gasteiger partial charge on any atom is 0.471 e. The van der Waals surface area contributed by atoms with Gasteiger partial charge in [0.25, 0.3) is 0 Å². The van der Waals surface area contributed by atoms with Crippen LogP contribution < -0.4 is 0 Å². The zero-order valence-corrected chi connectivity index (χ0v) is 9.63. The first-order chi connectivity index (χ1) is 7.86. The number of piperidine rings is 1. The molecule has 0 atom stereocenters. The van der Waals surface area contributed by atoms with E-state index in [1.54, 1.807) is 6.08 Å². The fourth-order valence-electron chi connectivity index (χ4n) is 1.93. The van der Waals surface area contributed by atoms with Gasteiger partial charge in [-0.2, -0.15) is 13.2 Å². The summed E-state index contributed by atoms with van der Waals surface area (Å²) >= 11 is 0. The smallest absolute Gasteiger partial charge is 0.471 e. The molecule has 0 aliphatic carbocycles. The monoisotopic (exact) mass is 251 g/mol. The zero-order chi connectivity index (χ0) is 13.1. The molecule has 1 N–H and O–H groups in total. The first-order valence-corrected chi connectivity index (χ1v) is 5.61. The number of carbonyl (C=O) groups excluding carboxylic acids is 1. The van der Waals surface area contributed by atoms with E-state index in [9.17, 15) is 23.1 Å². The van der Waals surface area contributed by atoms with Crippen LogP contribution in [-0.4, -0.2) is 35.2 Å². The molecule has 0 aromatic carbocycles. The first kappa shape index (κ1) is 13.9. The second kappa shape index (κ2) is 5.42. The Bertz CT molecular complexity index is 304. The molecular formula is C11H16F3NO2. The fourth-order valence-corrected chi connectivity index (χ4v) is 1.93. The fraction of sp³-hybridized carbons (Fsp3) is 0.727. The predicted octanol–water partition coefficient (Wildman–Crippen LogP) is 2.64. The van der Waals surface area contributed by atoms with E-state index in [0.717, 1.165) is 4.90 Å². The molecule has 1 saturated heterocycles. The number of hydrogen-bond donors (Lipinski definition) is 1. The molecule has 0 bridgehead atoms. The van der Waals surface area contributed by atoms with Crippen molar-refractivity contribution in [1.82, 2.24) is 4.90 Å². The second-order valence-electron chi connectivity index (χ2n) is 4.10. The van der Waals surface area contributed by atoms with E-state index in [4.69, 9.17) is 0 Å². The third kappa shape index (κ3) is 3.64. The third-order valence-electron chi connectivity index (χ3n) is 2.86. The van der Waals surface area contributed by atoms with Crippen LogP contribution in [0.3, 0.4) is 0 Å². The van der Waals surface area contributed by atoms with Crippen molar-refractivity contribution in [3.8, 4) is 0 Å². The Kier molecular flexibility index (Phi) is 4.42. The number of hydrogen-bond acceptors (Lipinski definition) is 2. The second-order valence-corrected chi connectivity index (χ2v) is 4.10. The van der Waals surface area contributed by atoms with Crippen LogP contribution in [0.2, 0.25) is 0 Å². The predicted molar refractivity (Wildman–Crippen MR) is 56.4 cm³/mol. The van der Waals surface area contributed by atoms with Crippen molar-refractivity contribution in [1.29, 1.82) is 0 Å². The highest BCUT2D eigenvalue weighted by atomic mass is 19.4. The van der Waals surface area contributed by atoms with Crippen LogP contribution in [0.25, 0.3) is 0 Å². The van der Waals surface area contributed by atoms with Crippen molar-refractivity contribution in [3.63, 3.8) is 0 Å². The lowest BCUT2D eigenvalue weighted by molar-refractivity contribution is -0.186. The Labute approximate surface area is 97.9 Å². The molecule has 1 rings (SSSR count). The number of rotatable bonds is 2. The van der Waals surface area contributed by atoms with Crippen LogP contribution in [0, 0.1) is 5.92 Å². The number of halogens is 3. The molecule has 0 saturated carbocycles. The van der Waals surface area contributed by atoms with E-state index in [2.05, 4.69) is 0 Å². The van der Waals surface area contributed by atoms with Gasteiger partial charge in [-0.3, -0.25) is 4.79 Å². The minimum absolute atomic E-state index is 0.0463. The molecule has 1 aliphatic heterocycles. The van der Waals surface area contributed by atoms with Gasteiger partial charge >= 0.3 is 12.1 Å². The van der Waals surface area contributed by atoms with Gasteiger partial charge in [0.1, 0.15) is 0 Å². The van der Waals surface area contributed by atoms with E-state index in [1.165, 1.54) is 0 Å². The maximum atomic E-state index is 12.2. The molecular weight excluding hydrogens is 235 g/mol. The molecule has 0 aromatic rings. The molecule has 0 spiro atoms. The first-order valence-electron chi connectivity index (χ1n) is 5.61. The van der Waals surface area contributed by atoms with Gasteiger partial charge in [0.05, 0.1) is 5.76 Å². The number of amides is 1. The molecule has 0 radical (unpaired) electrons. The van der Waals surface area contributed by atoms with Gasteiger partial charge in [0.15, 0.2) is 0 Å². The average molecular weight is 251 g/mol. The Hall–Kier alpha value is -1.20. The lowest BCUT2D eigenvalue weighted by atomic mass is 9.94. The van der Waals surface area contributed by atoms with Gasteiger partial charge in [0, 0.05) is 19.0 Å². The highest BCUT2D eigenvalue weighted by Crippen LogP contribution is 2.26. The average Bonchev–Trinajstić information content (AvgIpc) is 2.27. The van der Waals surface area contributed by atoms with Crippen LogP contribution in [0.4, 0.5) is 13.2 Å². The summed E-state index contributed by atoms with van der Waals surface area (Å²) in [6.07, 6.45) is -1.69. The van der Waals surface area contributed by atoms with Crippen LogP contribution in [-0.2, 0) is 4.79 Å². The van der Waals surface area contributed by atoms with Crippen molar-refractivity contribution < 1.29 is 23.1 Å². The molecule has 0 aromatic heterocycles. The van der Waals surface area contributed by atoms with E-state index in [1.807, 2.05) is 6.92 Å². The quantitative estimate of drug-likeness (QED) is 0.766. The summed E-state index contributed by atoms with van der Waals surface area (Å²) in [5.41, 5.74) is 0. The highest BCUT2D eigenvalue weighted by Gasteiger charge is 2.43. The van der Waals surface area contributed by atoms with Crippen molar-refractivity contribution in [2.24, 2.45) is 5.92 Å². The summed E-state index contributed by atoms with van der Waals surface area (Å²) in [7, 11) is 0. The van der Waals surface area contributed by atoms with Gasteiger partial charge in [0.2, 0.25) is 0 Å². The molecule has 3 nitrogen and oxygen atoms in total. The largest absolute Gasteiger partial charge is 0.512 e. The summed E-state index contributed by atoms with van der Waals surface area (Å²) in [5.74, 6) is -1.67. The molecule has 1 amide bonds. The molecule has 1 heterocycles. The van der Waals surface area contributed by atoms with Crippen molar-refractivity contribution in [3.05, 3.63) is 11.8 Å². The summed E-state index contributed by atoms with van der Waals surface area (Å²) in [6.45, 7) is 1.97. The van der Waals surface area contributed by atoms with E-state index in [-0.39, 0.29) is 24.8 Å². The van der Waals surface area contributed by atoms with E-state index in [0.29, 0.717) is 19.3 Å². The molecule has 1 aliphatic rings. The van der Waals surface area contributed by atoms with Gasteiger partial charge in [-0.1, -0.05) is 6.92 Å². The summed E-state index contributed by atoms with van der Waals surface area (Å²) in [6, 6.07) is 0. The number of alkyl halides is 3. The summed E-state index contributed by atoms with van der Waals surface area (Å²) in [5, 5.41) is 9.59. The van der Waals surface area contributed by atoms with Crippen molar-refractivity contribution in [2.75, 3.05) is 13.1 Å². The van der Waals surface area contributed by atoms with Crippen LogP contribution >= 0.6 is 0 Å². The van der Waals surface area contributed by atoms with Gasteiger partial charge < -0.3 is 10.0 Å². The maximum absolute atomic E-state index is 12.2. The number of likely N-dealkylation sites (tertiary alicyclic amines) is 1. The minimum atomic E-state index is -4.80. The summed E-state index contributed by atoms with van der Waals surface area (Å²) < 4.78 is 36.5. The van der Waals surface area contributed by atoms with E-state index < -0.39 is 12.1 Å². The minimum Gasteiger partial charge on any atom is -0.512 e. The number of allylic oxidation sites excluding steroid dienone is 2.